The first-order valence-electron chi connectivity index (χ1n) is 9.61. The number of benzene rings is 1. The van der Waals surface area contributed by atoms with Gasteiger partial charge in [0.2, 0.25) is 17.6 Å². The first-order chi connectivity index (χ1) is 12.7. The number of nitrogens with zero attached hydrogens (tertiary/aromatic N) is 4. The van der Waals surface area contributed by atoms with E-state index >= 15 is 0 Å². The fraction of sp³-hybridized carbons (Fsp3) is 0.571. The van der Waals surface area contributed by atoms with Gasteiger partial charge in [0.15, 0.2) is 0 Å². The molecule has 2 aromatic rings. The largest absolute Gasteiger partial charge is 0.349 e. The van der Waals surface area contributed by atoms with Crippen LogP contribution in [0.5, 0.6) is 0 Å². The Labute approximate surface area is 161 Å². The number of carbonyl (C=O) groups excluding carboxylic acids is 1. The first-order valence-corrected chi connectivity index (χ1v) is 9.61. The zero-order valence-corrected chi connectivity index (χ0v) is 17.0. The Morgan fingerprint density at radius 3 is 2.59 bits per heavy atom. The van der Waals surface area contributed by atoms with E-state index < -0.39 is 0 Å². The summed E-state index contributed by atoms with van der Waals surface area (Å²) in [7, 11) is 3.63. The van der Waals surface area contributed by atoms with E-state index in [1.807, 2.05) is 26.2 Å². The smallest absolute Gasteiger partial charge is 0.241 e. The molecule has 1 amide bonds. The molecule has 0 aliphatic carbocycles. The Hall–Kier alpha value is -2.21. The van der Waals surface area contributed by atoms with E-state index in [4.69, 9.17) is 4.52 Å². The van der Waals surface area contributed by atoms with E-state index in [9.17, 15) is 4.79 Å². The minimum atomic E-state index is 0.0566. The monoisotopic (exact) mass is 370 g/mol. The van der Waals surface area contributed by atoms with Crippen LogP contribution in [0.3, 0.4) is 0 Å². The van der Waals surface area contributed by atoms with E-state index in [1.165, 1.54) is 5.56 Å². The summed E-state index contributed by atoms with van der Waals surface area (Å²) in [5.41, 5.74) is 2.35. The van der Waals surface area contributed by atoms with Gasteiger partial charge < -0.3 is 9.42 Å². The average Bonchev–Trinajstić information content (AvgIpc) is 3.09. The zero-order valence-electron chi connectivity index (χ0n) is 17.0. The van der Waals surface area contributed by atoms with Gasteiger partial charge in [-0.05, 0) is 30.4 Å². The van der Waals surface area contributed by atoms with Crippen molar-refractivity contribution in [3.8, 4) is 11.4 Å². The lowest BCUT2D eigenvalue weighted by Crippen LogP contribution is -2.42. The molecule has 1 aromatic heterocycles. The molecule has 1 aliphatic heterocycles. The van der Waals surface area contributed by atoms with Crippen LogP contribution in [0, 0.1) is 5.92 Å². The third kappa shape index (κ3) is 4.75. The average molecular weight is 370 g/mol. The van der Waals surface area contributed by atoms with Crippen LogP contribution in [0.2, 0.25) is 0 Å². The number of piperidine rings is 1. The lowest BCUT2D eigenvalue weighted by molar-refractivity contribution is -0.134. The highest BCUT2D eigenvalue weighted by Gasteiger charge is 2.27. The van der Waals surface area contributed by atoms with Gasteiger partial charge in [-0.1, -0.05) is 50.2 Å². The molecule has 1 unspecified atom stereocenters. The molecule has 1 saturated heterocycles. The van der Waals surface area contributed by atoms with Gasteiger partial charge in [-0.25, -0.2) is 0 Å². The summed E-state index contributed by atoms with van der Waals surface area (Å²) in [5.74, 6) is 1.47. The second kappa shape index (κ2) is 7.80. The summed E-state index contributed by atoms with van der Waals surface area (Å²) in [4.78, 5) is 20.7. The maximum Gasteiger partial charge on any atom is 0.241 e. The Morgan fingerprint density at radius 2 is 1.96 bits per heavy atom. The second-order valence-corrected chi connectivity index (χ2v) is 8.65. The van der Waals surface area contributed by atoms with Crippen molar-refractivity contribution in [1.29, 1.82) is 0 Å². The van der Waals surface area contributed by atoms with Crippen LogP contribution in [0.4, 0.5) is 0 Å². The molecule has 146 valence electrons. The summed E-state index contributed by atoms with van der Waals surface area (Å²) in [6.45, 7) is 8.87. The molecule has 6 heteroatoms. The molecule has 0 saturated carbocycles. The van der Waals surface area contributed by atoms with Crippen LogP contribution in [0.25, 0.3) is 11.4 Å². The van der Waals surface area contributed by atoms with E-state index in [2.05, 4.69) is 47.9 Å². The molecular weight excluding hydrogens is 340 g/mol. The van der Waals surface area contributed by atoms with Crippen molar-refractivity contribution in [3.63, 3.8) is 0 Å². The standard InChI is InChI=1S/C21H30N4O2/c1-21(2,3)17-10-8-15(9-11-17)19-22-18(27-23-19)14-25-12-6-7-16(13-25)20(26)24(4)5/h8-11,16H,6-7,12-14H2,1-5H3. The van der Waals surface area contributed by atoms with Crippen LogP contribution in [0.15, 0.2) is 28.8 Å². The Kier molecular flexibility index (Phi) is 5.65. The van der Waals surface area contributed by atoms with Crippen molar-refractivity contribution in [2.24, 2.45) is 5.92 Å². The number of aromatic nitrogens is 2. The third-order valence-corrected chi connectivity index (χ3v) is 5.13. The van der Waals surface area contributed by atoms with Crippen molar-refractivity contribution in [1.82, 2.24) is 19.9 Å². The minimum Gasteiger partial charge on any atom is -0.349 e. The predicted octanol–water partition coefficient (Wildman–Crippen LogP) is 3.33. The van der Waals surface area contributed by atoms with E-state index in [0.717, 1.165) is 31.5 Å². The third-order valence-electron chi connectivity index (χ3n) is 5.13. The number of amides is 1. The summed E-state index contributed by atoms with van der Waals surface area (Å²) >= 11 is 0. The molecule has 3 rings (SSSR count). The lowest BCUT2D eigenvalue weighted by atomic mass is 9.87. The number of hydrogen-bond donors (Lipinski definition) is 0. The SMILES string of the molecule is CN(C)C(=O)C1CCCN(Cc2nc(-c3ccc(C(C)(C)C)cc3)no2)C1. The molecular formula is C21H30N4O2. The van der Waals surface area contributed by atoms with Crippen molar-refractivity contribution >= 4 is 5.91 Å². The van der Waals surface area contributed by atoms with Crippen LogP contribution < -0.4 is 0 Å². The van der Waals surface area contributed by atoms with Gasteiger partial charge in [0.1, 0.15) is 0 Å². The van der Waals surface area contributed by atoms with Crippen molar-refractivity contribution in [3.05, 3.63) is 35.7 Å². The minimum absolute atomic E-state index is 0.0566. The van der Waals surface area contributed by atoms with Crippen molar-refractivity contribution < 1.29 is 9.32 Å². The summed E-state index contributed by atoms with van der Waals surface area (Å²) in [6.07, 6.45) is 1.96. The van der Waals surface area contributed by atoms with E-state index in [0.29, 0.717) is 18.3 Å². The zero-order chi connectivity index (χ0) is 19.6. The lowest BCUT2D eigenvalue weighted by Gasteiger charge is -2.32. The van der Waals surface area contributed by atoms with Gasteiger partial charge in [0.05, 0.1) is 12.5 Å². The molecule has 1 aliphatic rings. The topological polar surface area (TPSA) is 62.5 Å². The number of hydrogen-bond acceptors (Lipinski definition) is 5. The maximum absolute atomic E-state index is 12.2. The highest BCUT2D eigenvalue weighted by molar-refractivity contribution is 5.78. The second-order valence-electron chi connectivity index (χ2n) is 8.65. The highest BCUT2D eigenvalue weighted by Crippen LogP contribution is 2.25. The molecule has 1 atom stereocenters. The molecule has 6 nitrogen and oxygen atoms in total. The first kappa shape index (κ1) is 19.5. The van der Waals surface area contributed by atoms with Gasteiger partial charge in [-0.2, -0.15) is 4.98 Å². The quantitative estimate of drug-likeness (QED) is 0.826. The fourth-order valence-corrected chi connectivity index (χ4v) is 3.51. The molecule has 1 aromatic carbocycles. The molecule has 1 fully saturated rings. The van der Waals surface area contributed by atoms with Crippen LogP contribution >= 0.6 is 0 Å². The van der Waals surface area contributed by atoms with Crippen LogP contribution in [-0.4, -0.2) is 53.0 Å². The van der Waals surface area contributed by atoms with E-state index in [-0.39, 0.29) is 17.2 Å². The number of carbonyl (C=O) groups is 1. The Bertz CT molecular complexity index is 774. The Morgan fingerprint density at radius 1 is 1.26 bits per heavy atom. The van der Waals surface area contributed by atoms with Gasteiger partial charge in [0.25, 0.3) is 0 Å². The molecule has 0 bridgehead atoms. The highest BCUT2D eigenvalue weighted by atomic mass is 16.5. The molecule has 2 heterocycles. The van der Waals surface area contributed by atoms with E-state index in [1.54, 1.807) is 4.90 Å². The van der Waals surface area contributed by atoms with Crippen LogP contribution in [-0.2, 0) is 16.8 Å². The van der Waals surface area contributed by atoms with Crippen LogP contribution in [0.1, 0.15) is 45.1 Å². The molecule has 0 radical (unpaired) electrons. The number of likely N-dealkylation sites (tertiary alicyclic amines) is 1. The maximum atomic E-state index is 12.2. The van der Waals surface area contributed by atoms with Gasteiger partial charge in [-0.3, -0.25) is 9.69 Å². The summed E-state index contributed by atoms with van der Waals surface area (Å²) in [6, 6.07) is 8.32. The van der Waals surface area contributed by atoms with Gasteiger partial charge >= 0.3 is 0 Å². The summed E-state index contributed by atoms with van der Waals surface area (Å²) in [5, 5.41) is 4.14. The predicted molar refractivity (Wildman–Crippen MR) is 105 cm³/mol. The molecule has 0 spiro atoms. The van der Waals surface area contributed by atoms with Crippen molar-refractivity contribution in [2.45, 2.75) is 45.6 Å². The molecule has 27 heavy (non-hydrogen) atoms. The Balaban J connectivity index is 1.65. The van der Waals surface area contributed by atoms with Gasteiger partial charge in [0, 0.05) is 26.2 Å². The number of rotatable bonds is 4. The normalized spacial score (nSPS) is 18.5. The fourth-order valence-electron chi connectivity index (χ4n) is 3.51. The van der Waals surface area contributed by atoms with Crippen molar-refractivity contribution in [2.75, 3.05) is 27.2 Å². The molecule has 0 N–H and O–H groups in total. The summed E-state index contributed by atoms with van der Waals surface area (Å²) < 4.78 is 5.46. The van der Waals surface area contributed by atoms with Gasteiger partial charge in [-0.15, -0.1) is 0 Å².